The number of hydrogen-bond acceptors (Lipinski definition) is 3. The molecule has 1 saturated carbocycles. The van der Waals surface area contributed by atoms with Crippen molar-refractivity contribution in [3.05, 3.63) is 35.4 Å². The van der Waals surface area contributed by atoms with Crippen LogP contribution in [0.2, 0.25) is 0 Å². The minimum absolute atomic E-state index is 0.0982. The fraction of sp³-hybridized carbons (Fsp3) is 0.667. The molecule has 2 amide bonds. The highest BCUT2D eigenvalue weighted by Gasteiger charge is 2.43. The van der Waals surface area contributed by atoms with Crippen LogP contribution in [0.1, 0.15) is 30.4 Å². The van der Waals surface area contributed by atoms with Crippen molar-refractivity contribution in [3.63, 3.8) is 0 Å². The zero-order valence-corrected chi connectivity index (χ0v) is 15.9. The Labute approximate surface area is 156 Å². The zero-order valence-electron chi connectivity index (χ0n) is 15.9. The SMILES string of the molecule is COCC1(CNC(=O)N2CCN(C3CCc4ccccc4C3)CC2)CC1. The third-order valence-corrected chi connectivity index (χ3v) is 6.46. The number of carbonyl (C=O) groups excluding carboxylic acids is 1. The van der Waals surface area contributed by atoms with E-state index >= 15 is 0 Å². The van der Waals surface area contributed by atoms with E-state index < -0.39 is 0 Å². The maximum absolute atomic E-state index is 12.5. The zero-order chi connectivity index (χ0) is 18.0. The molecule has 1 aliphatic heterocycles. The molecule has 1 N–H and O–H groups in total. The van der Waals surface area contributed by atoms with Crippen LogP contribution in [0, 0.1) is 5.41 Å². The molecule has 1 atom stereocenters. The molecule has 0 spiro atoms. The highest BCUT2D eigenvalue weighted by atomic mass is 16.5. The fourth-order valence-electron chi connectivity index (χ4n) is 4.51. The van der Waals surface area contributed by atoms with Gasteiger partial charge in [-0.1, -0.05) is 24.3 Å². The average molecular weight is 357 g/mol. The van der Waals surface area contributed by atoms with E-state index in [1.165, 1.54) is 24.0 Å². The molecule has 1 aromatic rings. The Kier molecular flexibility index (Phi) is 5.18. The van der Waals surface area contributed by atoms with Gasteiger partial charge in [0.25, 0.3) is 0 Å². The van der Waals surface area contributed by atoms with E-state index in [0.717, 1.165) is 58.6 Å². The molecule has 5 heteroatoms. The van der Waals surface area contributed by atoms with Crippen LogP contribution < -0.4 is 5.32 Å². The molecule has 1 aromatic carbocycles. The first kappa shape index (κ1) is 17.8. The molecule has 2 fully saturated rings. The summed E-state index contributed by atoms with van der Waals surface area (Å²) in [6.45, 7) is 5.15. The van der Waals surface area contributed by atoms with Gasteiger partial charge >= 0.3 is 6.03 Å². The summed E-state index contributed by atoms with van der Waals surface area (Å²) in [7, 11) is 1.74. The number of aryl methyl sites for hydroxylation is 1. The summed E-state index contributed by atoms with van der Waals surface area (Å²) >= 11 is 0. The normalized spacial score (nSPS) is 24.8. The number of urea groups is 1. The summed E-state index contributed by atoms with van der Waals surface area (Å²) in [6.07, 6.45) is 5.91. The first-order chi connectivity index (χ1) is 12.7. The number of ether oxygens (including phenoxy) is 1. The van der Waals surface area contributed by atoms with Gasteiger partial charge in [0.1, 0.15) is 0 Å². The highest BCUT2D eigenvalue weighted by molar-refractivity contribution is 5.74. The van der Waals surface area contributed by atoms with Gasteiger partial charge in [0, 0.05) is 51.3 Å². The maximum atomic E-state index is 12.5. The molecule has 3 aliphatic rings. The number of carbonyl (C=O) groups is 1. The van der Waals surface area contributed by atoms with E-state index in [1.54, 1.807) is 7.11 Å². The predicted octanol–water partition coefficient (Wildman–Crippen LogP) is 2.30. The molecule has 0 aromatic heterocycles. The number of hydrogen-bond donors (Lipinski definition) is 1. The van der Waals surface area contributed by atoms with E-state index in [1.807, 2.05) is 4.90 Å². The van der Waals surface area contributed by atoms with E-state index in [4.69, 9.17) is 4.74 Å². The summed E-state index contributed by atoms with van der Waals surface area (Å²) in [5.74, 6) is 0. The summed E-state index contributed by atoms with van der Waals surface area (Å²) in [6, 6.07) is 9.57. The maximum Gasteiger partial charge on any atom is 0.317 e. The second-order valence-corrected chi connectivity index (χ2v) is 8.28. The molecular formula is C21H31N3O2. The molecular weight excluding hydrogens is 326 g/mol. The number of methoxy groups -OCH3 is 1. The minimum Gasteiger partial charge on any atom is -0.384 e. The Hall–Kier alpha value is -1.59. The van der Waals surface area contributed by atoms with E-state index in [0.29, 0.717) is 6.04 Å². The minimum atomic E-state index is 0.0982. The topological polar surface area (TPSA) is 44.8 Å². The van der Waals surface area contributed by atoms with Crippen molar-refractivity contribution in [3.8, 4) is 0 Å². The Morgan fingerprint density at radius 2 is 1.92 bits per heavy atom. The number of piperazine rings is 1. The molecule has 5 nitrogen and oxygen atoms in total. The van der Waals surface area contributed by atoms with Crippen molar-refractivity contribution in [1.29, 1.82) is 0 Å². The Bertz CT molecular complexity index is 636. The third-order valence-electron chi connectivity index (χ3n) is 6.46. The van der Waals surface area contributed by atoms with Crippen LogP contribution in [0.25, 0.3) is 0 Å². The van der Waals surface area contributed by atoms with Crippen molar-refractivity contribution in [2.75, 3.05) is 46.4 Å². The number of nitrogens with zero attached hydrogens (tertiary/aromatic N) is 2. The molecule has 26 heavy (non-hydrogen) atoms. The van der Waals surface area contributed by atoms with Crippen LogP contribution in [-0.2, 0) is 17.6 Å². The summed E-state index contributed by atoms with van der Waals surface area (Å²) in [5.41, 5.74) is 3.24. The van der Waals surface area contributed by atoms with Gasteiger partial charge in [-0.25, -0.2) is 4.79 Å². The lowest BCUT2D eigenvalue weighted by Crippen LogP contribution is -2.55. The first-order valence-electron chi connectivity index (χ1n) is 10.0. The van der Waals surface area contributed by atoms with E-state index in [2.05, 4.69) is 34.5 Å². The molecule has 142 valence electrons. The van der Waals surface area contributed by atoms with Crippen molar-refractivity contribution in [2.45, 2.75) is 38.1 Å². The Balaban J connectivity index is 1.24. The van der Waals surface area contributed by atoms with Gasteiger partial charge in [0.2, 0.25) is 0 Å². The van der Waals surface area contributed by atoms with Crippen LogP contribution >= 0.6 is 0 Å². The Morgan fingerprint density at radius 1 is 1.19 bits per heavy atom. The first-order valence-corrected chi connectivity index (χ1v) is 10.0. The van der Waals surface area contributed by atoms with Gasteiger partial charge in [-0.3, -0.25) is 4.90 Å². The second-order valence-electron chi connectivity index (χ2n) is 8.28. The van der Waals surface area contributed by atoms with Crippen molar-refractivity contribution in [2.24, 2.45) is 5.41 Å². The number of rotatable bonds is 5. The Morgan fingerprint density at radius 3 is 2.62 bits per heavy atom. The van der Waals surface area contributed by atoms with Gasteiger partial charge in [0.05, 0.1) is 6.61 Å². The van der Waals surface area contributed by atoms with E-state index in [9.17, 15) is 4.79 Å². The predicted molar refractivity (Wildman–Crippen MR) is 102 cm³/mol. The standard InChI is InChI=1S/C21H31N3O2/c1-26-16-21(8-9-21)15-22-20(25)24-12-10-23(11-13-24)19-7-6-17-4-2-3-5-18(17)14-19/h2-5,19H,6-16H2,1H3,(H,22,25). The van der Waals surface area contributed by atoms with Gasteiger partial charge < -0.3 is 15.0 Å². The summed E-state index contributed by atoms with van der Waals surface area (Å²) < 4.78 is 5.28. The van der Waals surface area contributed by atoms with E-state index in [-0.39, 0.29) is 11.4 Å². The van der Waals surface area contributed by atoms with Gasteiger partial charge in [-0.15, -0.1) is 0 Å². The van der Waals surface area contributed by atoms with Crippen LogP contribution in [0.4, 0.5) is 4.79 Å². The monoisotopic (exact) mass is 357 g/mol. The molecule has 0 radical (unpaired) electrons. The van der Waals surface area contributed by atoms with Crippen LogP contribution in [0.3, 0.4) is 0 Å². The van der Waals surface area contributed by atoms with Crippen molar-refractivity contribution < 1.29 is 9.53 Å². The van der Waals surface area contributed by atoms with Crippen LogP contribution in [0.5, 0.6) is 0 Å². The quantitative estimate of drug-likeness (QED) is 0.879. The molecule has 1 saturated heterocycles. The molecule has 0 bridgehead atoms. The fourth-order valence-corrected chi connectivity index (χ4v) is 4.51. The lowest BCUT2D eigenvalue weighted by molar-refractivity contribution is 0.0986. The van der Waals surface area contributed by atoms with Crippen molar-refractivity contribution in [1.82, 2.24) is 15.1 Å². The largest absolute Gasteiger partial charge is 0.384 e. The smallest absolute Gasteiger partial charge is 0.317 e. The lowest BCUT2D eigenvalue weighted by atomic mass is 9.87. The molecule has 2 aliphatic carbocycles. The van der Waals surface area contributed by atoms with Gasteiger partial charge in [0.15, 0.2) is 0 Å². The highest BCUT2D eigenvalue weighted by Crippen LogP contribution is 2.45. The van der Waals surface area contributed by atoms with Gasteiger partial charge in [-0.2, -0.15) is 0 Å². The number of benzene rings is 1. The molecule has 4 rings (SSSR count). The summed E-state index contributed by atoms with van der Waals surface area (Å²) in [4.78, 5) is 17.1. The van der Waals surface area contributed by atoms with Crippen LogP contribution in [0.15, 0.2) is 24.3 Å². The number of nitrogens with one attached hydrogen (secondary N) is 1. The van der Waals surface area contributed by atoms with Crippen molar-refractivity contribution >= 4 is 6.03 Å². The molecule has 1 heterocycles. The lowest BCUT2D eigenvalue weighted by Gasteiger charge is -2.41. The summed E-state index contributed by atoms with van der Waals surface area (Å²) in [5, 5.41) is 3.14. The average Bonchev–Trinajstić information content (AvgIpc) is 3.46. The number of fused-ring (bicyclic) bond motifs is 1. The molecule has 1 unspecified atom stereocenters. The van der Waals surface area contributed by atoms with Crippen LogP contribution in [-0.4, -0.2) is 68.3 Å². The van der Waals surface area contributed by atoms with Gasteiger partial charge in [-0.05, 0) is 43.2 Å². The second kappa shape index (κ2) is 7.57. The number of amides is 2. The third kappa shape index (κ3) is 3.89.